The van der Waals surface area contributed by atoms with Crippen LogP contribution in [-0.4, -0.2) is 22.2 Å². The average molecular weight is 373 g/mol. The Morgan fingerprint density at radius 2 is 1.80 bits per heavy atom. The molecule has 0 saturated carbocycles. The maximum absolute atomic E-state index is 12.6. The van der Waals surface area contributed by atoms with Gasteiger partial charge in [-0.1, -0.05) is 24.0 Å². The van der Waals surface area contributed by atoms with Gasteiger partial charge in [0, 0.05) is 6.08 Å². The average Bonchev–Trinajstić information content (AvgIpc) is 3.16. The van der Waals surface area contributed by atoms with Gasteiger partial charge in [-0.2, -0.15) is 0 Å². The predicted octanol–water partition coefficient (Wildman–Crippen LogP) is 0.412. The molecule has 2 aromatic rings. The standard InChI is InChI=1S/C16H9NO6S2/c18-13-12(7-11-2-1-3-23-11)25-16(24)17(13)10-5-8(14(19)20)4-9(6-10)15(21)22/h1-7H,(H,19,20)(H,21,22)/p-2/b12-7+. The zero-order valence-electron chi connectivity index (χ0n) is 12.3. The summed E-state index contributed by atoms with van der Waals surface area (Å²) in [5.74, 6) is -3.24. The van der Waals surface area contributed by atoms with Crippen LogP contribution in [0.3, 0.4) is 0 Å². The molecule has 0 unspecified atom stereocenters. The van der Waals surface area contributed by atoms with E-state index in [1.807, 2.05) is 0 Å². The lowest BCUT2D eigenvalue weighted by molar-refractivity contribution is -0.255. The number of hydrogen-bond acceptors (Lipinski definition) is 8. The van der Waals surface area contributed by atoms with Crippen molar-refractivity contribution in [2.75, 3.05) is 4.90 Å². The van der Waals surface area contributed by atoms with Crippen LogP contribution in [0.4, 0.5) is 5.69 Å². The Morgan fingerprint density at radius 1 is 1.16 bits per heavy atom. The zero-order valence-corrected chi connectivity index (χ0v) is 13.9. The number of hydrogen-bond donors (Lipinski definition) is 0. The molecule has 126 valence electrons. The Bertz CT molecular complexity index is 900. The molecule has 2 heterocycles. The van der Waals surface area contributed by atoms with Crippen LogP contribution in [0.2, 0.25) is 0 Å². The van der Waals surface area contributed by atoms with E-state index >= 15 is 0 Å². The Labute approximate surface area is 150 Å². The molecular weight excluding hydrogens is 366 g/mol. The van der Waals surface area contributed by atoms with Gasteiger partial charge in [0.25, 0.3) is 5.91 Å². The third-order valence-corrected chi connectivity index (χ3v) is 4.56. The van der Waals surface area contributed by atoms with E-state index in [9.17, 15) is 24.6 Å². The first-order chi connectivity index (χ1) is 11.9. The van der Waals surface area contributed by atoms with Gasteiger partial charge in [0.05, 0.1) is 28.8 Å². The lowest BCUT2D eigenvalue weighted by atomic mass is 10.1. The molecule has 1 aromatic carbocycles. The van der Waals surface area contributed by atoms with Gasteiger partial charge >= 0.3 is 0 Å². The smallest absolute Gasteiger partial charge is 0.270 e. The molecule has 0 atom stereocenters. The Hall–Kier alpha value is -2.91. The van der Waals surface area contributed by atoms with Crippen molar-refractivity contribution in [3.63, 3.8) is 0 Å². The second kappa shape index (κ2) is 6.54. The molecular formula is C16H7NO6S2-2. The number of carbonyl (C=O) groups excluding carboxylic acids is 3. The summed E-state index contributed by atoms with van der Waals surface area (Å²) >= 11 is 6.15. The van der Waals surface area contributed by atoms with Crippen LogP contribution in [0.1, 0.15) is 26.5 Å². The monoisotopic (exact) mass is 373 g/mol. The number of amides is 1. The highest BCUT2D eigenvalue weighted by Gasteiger charge is 2.34. The molecule has 0 aliphatic carbocycles. The second-order valence-electron chi connectivity index (χ2n) is 4.88. The molecule has 1 aliphatic heterocycles. The van der Waals surface area contributed by atoms with Gasteiger partial charge in [0.15, 0.2) is 4.32 Å². The molecule has 7 nitrogen and oxygen atoms in total. The van der Waals surface area contributed by atoms with Crippen molar-refractivity contribution in [3.8, 4) is 0 Å². The fraction of sp³-hybridized carbons (Fsp3) is 0. The number of anilines is 1. The largest absolute Gasteiger partial charge is 0.545 e. The van der Waals surface area contributed by atoms with Crippen LogP contribution >= 0.6 is 24.0 Å². The number of benzene rings is 1. The molecule has 1 amide bonds. The summed E-state index contributed by atoms with van der Waals surface area (Å²) in [6.07, 6.45) is 2.93. The number of carboxylic acid groups (broad SMARTS) is 2. The fourth-order valence-electron chi connectivity index (χ4n) is 2.17. The van der Waals surface area contributed by atoms with Crippen molar-refractivity contribution >= 4 is 57.9 Å². The van der Waals surface area contributed by atoms with E-state index in [0.717, 1.165) is 34.9 Å². The summed E-state index contributed by atoms with van der Waals surface area (Å²) < 4.78 is 5.27. The fourth-order valence-corrected chi connectivity index (χ4v) is 3.45. The topological polar surface area (TPSA) is 114 Å². The van der Waals surface area contributed by atoms with Gasteiger partial charge in [-0.25, -0.2) is 0 Å². The van der Waals surface area contributed by atoms with E-state index in [1.165, 1.54) is 12.3 Å². The Morgan fingerprint density at radius 3 is 2.32 bits per heavy atom. The maximum atomic E-state index is 12.6. The number of aromatic carboxylic acids is 2. The molecule has 0 N–H and O–H groups in total. The van der Waals surface area contributed by atoms with Gasteiger partial charge in [0.1, 0.15) is 5.76 Å². The summed E-state index contributed by atoms with van der Waals surface area (Å²) in [7, 11) is 0. The lowest BCUT2D eigenvalue weighted by Gasteiger charge is -2.18. The van der Waals surface area contributed by atoms with Gasteiger partial charge in [-0.3, -0.25) is 9.69 Å². The highest BCUT2D eigenvalue weighted by Crippen LogP contribution is 2.36. The number of nitrogens with zero attached hydrogens (tertiary/aromatic N) is 1. The van der Waals surface area contributed by atoms with Gasteiger partial charge in [-0.15, -0.1) is 0 Å². The van der Waals surface area contributed by atoms with E-state index in [2.05, 4.69) is 0 Å². The lowest BCUT2D eigenvalue weighted by Crippen LogP contribution is -2.30. The Balaban J connectivity index is 2.04. The van der Waals surface area contributed by atoms with Gasteiger partial charge < -0.3 is 24.2 Å². The van der Waals surface area contributed by atoms with E-state index in [-0.39, 0.29) is 14.9 Å². The number of furan rings is 1. The number of thioether (sulfide) groups is 1. The van der Waals surface area contributed by atoms with Crippen molar-refractivity contribution in [1.82, 2.24) is 0 Å². The normalized spacial score (nSPS) is 15.8. The quantitative estimate of drug-likeness (QED) is 0.559. The summed E-state index contributed by atoms with van der Waals surface area (Å²) in [6, 6.07) is 6.43. The first-order valence-corrected chi connectivity index (χ1v) is 7.98. The highest BCUT2D eigenvalue weighted by molar-refractivity contribution is 8.27. The van der Waals surface area contributed by atoms with Crippen LogP contribution in [0.25, 0.3) is 6.08 Å². The molecule has 25 heavy (non-hydrogen) atoms. The first kappa shape index (κ1) is 16.9. The van der Waals surface area contributed by atoms with Crippen LogP contribution in [-0.2, 0) is 4.79 Å². The molecule has 9 heteroatoms. The van der Waals surface area contributed by atoms with Crippen LogP contribution in [0.5, 0.6) is 0 Å². The molecule has 0 spiro atoms. The summed E-state index contributed by atoms with van der Waals surface area (Å²) in [6.45, 7) is 0. The van der Waals surface area contributed by atoms with E-state index in [4.69, 9.17) is 16.6 Å². The number of carboxylic acids is 2. The molecule has 1 aromatic heterocycles. The molecule has 3 rings (SSSR count). The highest BCUT2D eigenvalue weighted by atomic mass is 32.2. The zero-order chi connectivity index (χ0) is 18.1. The molecule has 0 bridgehead atoms. The van der Waals surface area contributed by atoms with E-state index in [1.54, 1.807) is 12.1 Å². The van der Waals surface area contributed by atoms with Crippen LogP contribution in [0, 0.1) is 0 Å². The van der Waals surface area contributed by atoms with Crippen molar-refractivity contribution in [3.05, 3.63) is 58.4 Å². The van der Waals surface area contributed by atoms with Gasteiger partial charge in [-0.05, 0) is 41.5 Å². The summed E-state index contributed by atoms with van der Waals surface area (Å²) in [4.78, 5) is 36.1. The van der Waals surface area contributed by atoms with E-state index < -0.39 is 29.0 Å². The van der Waals surface area contributed by atoms with Crippen LogP contribution in [0.15, 0.2) is 45.9 Å². The minimum absolute atomic E-state index is 0.00578. The predicted molar refractivity (Wildman–Crippen MR) is 89.5 cm³/mol. The summed E-state index contributed by atoms with van der Waals surface area (Å²) in [5, 5.41) is 22.2. The third kappa shape index (κ3) is 3.32. The number of carbonyl (C=O) groups is 3. The minimum atomic E-state index is -1.58. The van der Waals surface area contributed by atoms with Crippen molar-refractivity contribution in [2.24, 2.45) is 0 Å². The van der Waals surface area contributed by atoms with Gasteiger partial charge in [0.2, 0.25) is 0 Å². The van der Waals surface area contributed by atoms with Crippen molar-refractivity contribution in [1.29, 1.82) is 0 Å². The molecule has 0 radical (unpaired) electrons. The van der Waals surface area contributed by atoms with Crippen LogP contribution < -0.4 is 15.1 Å². The molecule has 1 fully saturated rings. The number of rotatable bonds is 4. The molecule has 1 aliphatic rings. The third-order valence-electron chi connectivity index (χ3n) is 3.26. The minimum Gasteiger partial charge on any atom is -0.545 e. The molecule has 1 saturated heterocycles. The van der Waals surface area contributed by atoms with E-state index in [0.29, 0.717) is 5.76 Å². The first-order valence-electron chi connectivity index (χ1n) is 6.76. The summed E-state index contributed by atoms with van der Waals surface area (Å²) in [5.41, 5.74) is -0.798. The number of thiocarbonyl (C=S) groups is 1. The second-order valence-corrected chi connectivity index (χ2v) is 6.55. The Kier molecular flexibility index (Phi) is 4.43. The SMILES string of the molecule is O=C([O-])c1cc(C(=O)[O-])cc(N2C(=O)/C(=C\c3ccco3)SC2=S)c1. The van der Waals surface area contributed by atoms with Crippen molar-refractivity contribution in [2.45, 2.75) is 0 Å². The van der Waals surface area contributed by atoms with Crippen molar-refractivity contribution < 1.29 is 29.0 Å². The maximum Gasteiger partial charge on any atom is 0.270 e.